The molecule has 0 fully saturated rings. The van der Waals surface area contributed by atoms with E-state index in [1.165, 1.54) is 21.9 Å². The van der Waals surface area contributed by atoms with Gasteiger partial charge in [-0.3, -0.25) is 0 Å². The van der Waals surface area contributed by atoms with E-state index in [1.54, 1.807) is 0 Å². The van der Waals surface area contributed by atoms with Crippen molar-refractivity contribution < 1.29 is 4.84 Å². The third-order valence-corrected chi connectivity index (χ3v) is 3.05. The molecule has 1 atom stereocenters. The van der Waals surface area contributed by atoms with Gasteiger partial charge in [0, 0.05) is 5.92 Å². The summed E-state index contributed by atoms with van der Waals surface area (Å²) in [4.78, 5) is 4.74. The monoisotopic (exact) mass is 215 g/mol. The Balaban J connectivity index is 2.58. The maximum absolute atomic E-state index is 5.14. The zero-order valence-electron chi connectivity index (χ0n) is 9.73. The standard InChI is InChI=1S/C14H17NO/c1-10-7-8-13(11(2)9-16-15)14-6-4-3-5-12(10)14/h3-8,11H,9,15H2,1-2H3. The van der Waals surface area contributed by atoms with Crippen molar-refractivity contribution in [2.75, 3.05) is 6.61 Å². The number of nitrogens with two attached hydrogens (primary N) is 1. The first-order valence-corrected chi connectivity index (χ1v) is 5.54. The Bertz CT molecular complexity index is 493. The Morgan fingerprint density at radius 3 is 2.50 bits per heavy atom. The van der Waals surface area contributed by atoms with Gasteiger partial charge in [-0.2, -0.15) is 0 Å². The molecule has 84 valence electrons. The molecule has 2 rings (SSSR count). The van der Waals surface area contributed by atoms with Crippen molar-refractivity contribution in [1.82, 2.24) is 0 Å². The van der Waals surface area contributed by atoms with Crippen molar-refractivity contribution in [3.8, 4) is 0 Å². The third kappa shape index (κ3) is 1.94. The van der Waals surface area contributed by atoms with Gasteiger partial charge in [0.2, 0.25) is 0 Å². The highest BCUT2D eigenvalue weighted by Gasteiger charge is 2.10. The molecule has 2 aromatic rings. The predicted molar refractivity (Wildman–Crippen MR) is 67.2 cm³/mol. The molecule has 0 bridgehead atoms. The highest BCUT2D eigenvalue weighted by atomic mass is 16.6. The van der Waals surface area contributed by atoms with Crippen LogP contribution in [0.4, 0.5) is 0 Å². The van der Waals surface area contributed by atoms with E-state index >= 15 is 0 Å². The highest BCUT2D eigenvalue weighted by molar-refractivity contribution is 5.88. The average molecular weight is 215 g/mol. The van der Waals surface area contributed by atoms with E-state index in [9.17, 15) is 0 Å². The largest absolute Gasteiger partial charge is 0.304 e. The fourth-order valence-corrected chi connectivity index (χ4v) is 2.14. The molecular weight excluding hydrogens is 198 g/mol. The molecule has 2 N–H and O–H groups in total. The molecule has 1 unspecified atom stereocenters. The summed E-state index contributed by atoms with van der Waals surface area (Å²) < 4.78 is 0. The zero-order valence-corrected chi connectivity index (χ0v) is 9.73. The lowest BCUT2D eigenvalue weighted by molar-refractivity contribution is 0.127. The lowest BCUT2D eigenvalue weighted by Gasteiger charge is -2.14. The first-order chi connectivity index (χ1) is 7.74. The van der Waals surface area contributed by atoms with Gasteiger partial charge in [-0.1, -0.05) is 43.3 Å². The summed E-state index contributed by atoms with van der Waals surface area (Å²) in [7, 11) is 0. The van der Waals surface area contributed by atoms with Gasteiger partial charge in [-0.05, 0) is 28.8 Å². The summed E-state index contributed by atoms with van der Waals surface area (Å²) in [6, 6.07) is 12.8. The van der Waals surface area contributed by atoms with Crippen molar-refractivity contribution in [2.24, 2.45) is 5.90 Å². The normalized spacial score (nSPS) is 12.9. The zero-order chi connectivity index (χ0) is 11.5. The van der Waals surface area contributed by atoms with E-state index in [0.29, 0.717) is 12.5 Å². The Labute approximate surface area is 96.0 Å². The van der Waals surface area contributed by atoms with Crippen LogP contribution in [0.5, 0.6) is 0 Å². The van der Waals surface area contributed by atoms with Gasteiger partial charge in [0.15, 0.2) is 0 Å². The summed E-state index contributed by atoms with van der Waals surface area (Å²) in [5.41, 5.74) is 2.60. The van der Waals surface area contributed by atoms with Gasteiger partial charge < -0.3 is 4.84 Å². The van der Waals surface area contributed by atoms with E-state index in [-0.39, 0.29) is 0 Å². The molecule has 0 aliphatic heterocycles. The first kappa shape index (κ1) is 11.1. The van der Waals surface area contributed by atoms with Crippen molar-refractivity contribution in [1.29, 1.82) is 0 Å². The van der Waals surface area contributed by atoms with Gasteiger partial charge in [0.1, 0.15) is 0 Å². The molecule has 0 heterocycles. The van der Waals surface area contributed by atoms with Crippen LogP contribution in [0.1, 0.15) is 24.0 Å². The van der Waals surface area contributed by atoms with Gasteiger partial charge in [-0.25, -0.2) is 5.90 Å². The number of hydrogen-bond donors (Lipinski definition) is 1. The second-order valence-corrected chi connectivity index (χ2v) is 4.25. The molecule has 0 spiro atoms. The number of aryl methyl sites for hydroxylation is 1. The summed E-state index contributed by atoms with van der Waals surface area (Å²) >= 11 is 0. The molecule has 0 saturated heterocycles. The summed E-state index contributed by atoms with van der Waals surface area (Å²) in [5, 5.41) is 2.61. The lowest BCUT2D eigenvalue weighted by atomic mass is 9.93. The molecule has 0 radical (unpaired) electrons. The number of benzene rings is 2. The van der Waals surface area contributed by atoms with E-state index in [4.69, 9.17) is 10.7 Å². The fraction of sp³-hybridized carbons (Fsp3) is 0.286. The summed E-state index contributed by atoms with van der Waals surface area (Å²) in [6.45, 7) is 4.81. The minimum absolute atomic E-state index is 0.315. The minimum atomic E-state index is 0.315. The molecule has 2 heteroatoms. The topological polar surface area (TPSA) is 35.2 Å². The van der Waals surface area contributed by atoms with Crippen LogP contribution in [-0.2, 0) is 4.84 Å². The van der Waals surface area contributed by atoms with E-state index < -0.39 is 0 Å². The second kappa shape index (κ2) is 4.64. The van der Waals surface area contributed by atoms with Crippen LogP contribution in [0.25, 0.3) is 10.8 Å². The second-order valence-electron chi connectivity index (χ2n) is 4.25. The van der Waals surface area contributed by atoms with Crippen LogP contribution >= 0.6 is 0 Å². The molecule has 0 amide bonds. The van der Waals surface area contributed by atoms with Crippen LogP contribution in [0.15, 0.2) is 36.4 Å². The SMILES string of the molecule is Cc1ccc(C(C)CON)c2ccccc12. The Morgan fingerprint density at radius 2 is 1.81 bits per heavy atom. The van der Waals surface area contributed by atoms with Crippen LogP contribution in [-0.4, -0.2) is 6.61 Å². The lowest BCUT2D eigenvalue weighted by Crippen LogP contribution is -2.09. The van der Waals surface area contributed by atoms with Crippen molar-refractivity contribution >= 4 is 10.8 Å². The molecule has 0 aliphatic carbocycles. The van der Waals surface area contributed by atoms with E-state index in [0.717, 1.165) is 0 Å². The molecule has 0 aliphatic rings. The van der Waals surface area contributed by atoms with Gasteiger partial charge in [0.05, 0.1) is 6.61 Å². The average Bonchev–Trinajstić information content (AvgIpc) is 2.30. The van der Waals surface area contributed by atoms with Crippen LogP contribution in [0, 0.1) is 6.92 Å². The Morgan fingerprint density at radius 1 is 1.12 bits per heavy atom. The van der Waals surface area contributed by atoms with Crippen molar-refractivity contribution in [3.05, 3.63) is 47.5 Å². The van der Waals surface area contributed by atoms with Gasteiger partial charge >= 0.3 is 0 Å². The highest BCUT2D eigenvalue weighted by Crippen LogP contribution is 2.27. The maximum atomic E-state index is 5.14. The third-order valence-electron chi connectivity index (χ3n) is 3.05. The predicted octanol–water partition coefficient (Wildman–Crippen LogP) is 3.14. The van der Waals surface area contributed by atoms with E-state index in [1.807, 2.05) is 0 Å². The summed E-state index contributed by atoms with van der Waals surface area (Å²) in [5.74, 6) is 5.46. The molecule has 2 nitrogen and oxygen atoms in total. The smallest absolute Gasteiger partial charge is 0.0745 e. The van der Waals surface area contributed by atoms with Crippen molar-refractivity contribution in [2.45, 2.75) is 19.8 Å². The fourth-order valence-electron chi connectivity index (χ4n) is 2.14. The van der Waals surface area contributed by atoms with Gasteiger partial charge in [-0.15, -0.1) is 0 Å². The van der Waals surface area contributed by atoms with Crippen LogP contribution < -0.4 is 5.90 Å². The van der Waals surface area contributed by atoms with Crippen LogP contribution in [0.3, 0.4) is 0 Å². The minimum Gasteiger partial charge on any atom is -0.304 e. The maximum Gasteiger partial charge on any atom is 0.0745 e. The van der Waals surface area contributed by atoms with Gasteiger partial charge in [0.25, 0.3) is 0 Å². The molecule has 16 heavy (non-hydrogen) atoms. The van der Waals surface area contributed by atoms with E-state index in [2.05, 4.69) is 50.2 Å². The number of rotatable bonds is 3. The number of hydrogen-bond acceptors (Lipinski definition) is 2. The quantitative estimate of drug-likeness (QED) is 0.798. The molecular formula is C14H17NO. The molecule has 0 saturated carbocycles. The Hall–Kier alpha value is -1.38. The summed E-state index contributed by atoms with van der Waals surface area (Å²) in [6.07, 6.45) is 0. The first-order valence-electron chi connectivity index (χ1n) is 5.54. The molecule has 0 aromatic heterocycles. The molecule has 2 aromatic carbocycles. The van der Waals surface area contributed by atoms with Crippen LogP contribution in [0.2, 0.25) is 0 Å². The number of fused-ring (bicyclic) bond motifs is 1. The van der Waals surface area contributed by atoms with Crippen molar-refractivity contribution in [3.63, 3.8) is 0 Å². The Kier molecular flexibility index (Phi) is 3.22.